The molecule has 0 radical (unpaired) electrons. The summed E-state index contributed by atoms with van der Waals surface area (Å²) in [4.78, 5) is 12.2. The molecule has 2 rings (SSSR count). The van der Waals surface area contributed by atoms with Gasteiger partial charge in [0.25, 0.3) is 0 Å². The first-order valence-corrected chi connectivity index (χ1v) is 6.38. The minimum atomic E-state index is -0.140. The van der Waals surface area contributed by atoms with E-state index in [9.17, 15) is 4.79 Å². The summed E-state index contributed by atoms with van der Waals surface area (Å²) in [6.45, 7) is 0. The molecule has 0 atom stereocenters. The molecule has 1 nitrogen and oxygen atoms in total. The lowest BCUT2D eigenvalue weighted by Crippen LogP contribution is -2.02. The third kappa shape index (κ3) is 2.89. The molecule has 2 aromatic rings. The maximum atomic E-state index is 12.2. The topological polar surface area (TPSA) is 17.1 Å². The molecule has 0 fully saturated rings. The minimum absolute atomic E-state index is 0.140. The van der Waals surface area contributed by atoms with E-state index in [-0.39, 0.29) is 5.78 Å². The number of benzene rings is 2. The van der Waals surface area contributed by atoms with Crippen LogP contribution in [0.2, 0.25) is 10.0 Å². The fraction of sp³-hybridized carbons (Fsp3) is 0. The molecule has 2 aromatic carbocycles. The van der Waals surface area contributed by atoms with Gasteiger partial charge in [-0.2, -0.15) is 0 Å². The lowest BCUT2D eigenvalue weighted by molar-refractivity contribution is 0.103. The maximum Gasteiger partial charge on any atom is 0.194 e. The largest absolute Gasteiger partial charge is 0.289 e. The first kappa shape index (κ1) is 12.6. The van der Waals surface area contributed by atoms with Crippen molar-refractivity contribution in [2.45, 2.75) is 0 Å². The molecular weight excluding hydrogens is 323 g/mol. The molecule has 0 aromatic heterocycles. The molecule has 0 saturated heterocycles. The highest BCUT2D eigenvalue weighted by molar-refractivity contribution is 9.10. The first-order chi connectivity index (χ1) is 8.08. The second kappa shape index (κ2) is 5.21. The van der Waals surface area contributed by atoms with Gasteiger partial charge in [0, 0.05) is 20.6 Å². The van der Waals surface area contributed by atoms with Crippen LogP contribution in [-0.4, -0.2) is 5.78 Å². The Balaban J connectivity index is 2.48. The Kier molecular flexibility index (Phi) is 3.87. The van der Waals surface area contributed by atoms with E-state index in [2.05, 4.69) is 15.9 Å². The van der Waals surface area contributed by atoms with Crippen LogP contribution in [0.5, 0.6) is 0 Å². The Labute approximate surface area is 117 Å². The van der Waals surface area contributed by atoms with Gasteiger partial charge in [-0.15, -0.1) is 0 Å². The van der Waals surface area contributed by atoms with Gasteiger partial charge in [0.15, 0.2) is 5.78 Å². The monoisotopic (exact) mass is 328 g/mol. The number of rotatable bonds is 2. The summed E-state index contributed by atoms with van der Waals surface area (Å²) >= 11 is 15.2. The van der Waals surface area contributed by atoms with E-state index < -0.39 is 0 Å². The molecular formula is C13H7BrCl2O. The van der Waals surface area contributed by atoms with Gasteiger partial charge in [0.1, 0.15) is 0 Å². The second-order valence-electron chi connectivity index (χ2n) is 3.47. The van der Waals surface area contributed by atoms with Crippen molar-refractivity contribution in [3.05, 3.63) is 68.1 Å². The zero-order valence-corrected chi connectivity index (χ0v) is 11.7. The van der Waals surface area contributed by atoms with Gasteiger partial charge >= 0.3 is 0 Å². The molecule has 4 heteroatoms. The molecule has 0 bridgehead atoms. The van der Waals surface area contributed by atoms with Crippen LogP contribution in [0.25, 0.3) is 0 Å². The molecule has 0 spiro atoms. The zero-order valence-electron chi connectivity index (χ0n) is 8.58. The van der Waals surface area contributed by atoms with Gasteiger partial charge < -0.3 is 0 Å². The molecule has 86 valence electrons. The average molecular weight is 330 g/mol. The van der Waals surface area contributed by atoms with Crippen molar-refractivity contribution >= 4 is 44.9 Å². The highest BCUT2D eigenvalue weighted by Crippen LogP contribution is 2.24. The number of carbonyl (C=O) groups excluding carboxylic acids is 1. The zero-order chi connectivity index (χ0) is 12.4. The van der Waals surface area contributed by atoms with Crippen molar-refractivity contribution in [3.8, 4) is 0 Å². The molecule has 0 N–H and O–H groups in total. The van der Waals surface area contributed by atoms with Crippen molar-refractivity contribution in [1.82, 2.24) is 0 Å². The minimum Gasteiger partial charge on any atom is -0.289 e. The number of ketones is 1. The van der Waals surface area contributed by atoms with Crippen molar-refractivity contribution in [2.75, 3.05) is 0 Å². The highest BCUT2D eigenvalue weighted by Gasteiger charge is 2.13. The summed E-state index contributed by atoms with van der Waals surface area (Å²) in [6, 6.07) is 12.0. The van der Waals surface area contributed by atoms with E-state index in [1.165, 1.54) is 0 Å². The van der Waals surface area contributed by atoms with E-state index in [0.29, 0.717) is 21.2 Å². The van der Waals surface area contributed by atoms with Crippen LogP contribution >= 0.6 is 39.1 Å². The Morgan fingerprint density at radius 3 is 2.41 bits per heavy atom. The van der Waals surface area contributed by atoms with Gasteiger partial charge in [-0.25, -0.2) is 0 Å². The molecule has 17 heavy (non-hydrogen) atoms. The Morgan fingerprint density at radius 2 is 1.76 bits per heavy atom. The quantitative estimate of drug-likeness (QED) is 0.709. The van der Waals surface area contributed by atoms with Crippen LogP contribution in [-0.2, 0) is 0 Å². The van der Waals surface area contributed by atoms with E-state index >= 15 is 0 Å². The number of hydrogen-bond donors (Lipinski definition) is 0. The van der Waals surface area contributed by atoms with Gasteiger partial charge in [-0.1, -0.05) is 51.3 Å². The lowest BCUT2D eigenvalue weighted by atomic mass is 10.0. The van der Waals surface area contributed by atoms with Gasteiger partial charge in [-0.05, 0) is 30.3 Å². The number of hydrogen-bond acceptors (Lipinski definition) is 1. The van der Waals surface area contributed by atoms with Crippen LogP contribution in [0.15, 0.2) is 46.9 Å². The first-order valence-electron chi connectivity index (χ1n) is 4.83. The van der Waals surface area contributed by atoms with Gasteiger partial charge in [-0.3, -0.25) is 4.79 Å². The molecule has 0 heterocycles. The van der Waals surface area contributed by atoms with E-state index in [1.54, 1.807) is 42.5 Å². The summed E-state index contributed by atoms with van der Waals surface area (Å²) in [7, 11) is 0. The van der Waals surface area contributed by atoms with Crippen molar-refractivity contribution < 1.29 is 4.79 Å². The fourth-order valence-electron chi connectivity index (χ4n) is 1.49. The Morgan fingerprint density at radius 1 is 1.06 bits per heavy atom. The van der Waals surface area contributed by atoms with E-state index in [0.717, 1.165) is 4.47 Å². The predicted octanol–water partition coefficient (Wildman–Crippen LogP) is 4.99. The Bertz CT molecular complexity index is 561. The van der Waals surface area contributed by atoms with Crippen molar-refractivity contribution in [2.24, 2.45) is 0 Å². The van der Waals surface area contributed by atoms with Crippen LogP contribution in [0.1, 0.15) is 15.9 Å². The molecule has 0 aliphatic carbocycles. The summed E-state index contributed by atoms with van der Waals surface area (Å²) in [5.74, 6) is -0.140. The average Bonchev–Trinajstić information content (AvgIpc) is 2.27. The Hall–Kier alpha value is -0.830. The van der Waals surface area contributed by atoms with Crippen LogP contribution < -0.4 is 0 Å². The third-order valence-corrected chi connectivity index (χ3v) is 3.25. The van der Waals surface area contributed by atoms with Gasteiger partial charge in [0.05, 0.1) is 5.02 Å². The van der Waals surface area contributed by atoms with Crippen LogP contribution in [0.3, 0.4) is 0 Å². The van der Waals surface area contributed by atoms with Crippen molar-refractivity contribution in [1.29, 1.82) is 0 Å². The van der Waals surface area contributed by atoms with Crippen molar-refractivity contribution in [3.63, 3.8) is 0 Å². The standard InChI is InChI=1S/C13H7BrCl2O/c14-9-5-8(6-10(15)7-9)13(17)11-3-1-2-4-12(11)16/h1-7H. The molecule has 0 aliphatic rings. The molecule has 0 saturated carbocycles. The summed E-state index contributed by atoms with van der Waals surface area (Å²) in [5.41, 5.74) is 0.987. The molecule has 0 unspecified atom stereocenters. The summed E-state index contributed by atoms with van der Waals surface area (Å²) in [6.07, 6.45) is 0. The summed E-state index contributed by atoms with van der Waals surface area (Å²) < 4.78 is 0.764. The molecule has 0 aliphatic heterocycles. The van der Waals surface area contributed by atoms with E-state index in [1.807, 2.05) is 0 Å². The summed E-state index contributed by atoms with van der Waals surface area (Å²) in [5, 5.41) is 0.948. The normalized spacial score (nSPS) is 10.3. The maximum absolute atomic E-state index is 12.2. The highest BCUT2D eigenvalue weighted by atomic mass is 79.9. The SMILES string of the molecule is O=C(c1cc(Cl)cc(Br)c1)c1ccccc1Cl. The molecule has 0 amide bonds. The second-order valence-corrected chi connectivity index (χ2v) is 5.23. The fourth-order valence-corrected chi connectivity index (χ4v) is 2.57. The van der Waals surface area contributed by atoms with Crippen LogP contribution in [0.4, 0.5) is 0 Å². The predicted molar refractivity (Wildman–Crippen MR) is 74.0 cm³/mol. The number of halogens is 3. The smallest absolute Gasteiger partial charge is 0.194 e. The van der Waals surface area contributed by atoms with E-state index in [4.69, 9.17) is 23.2 Å². The van der Waals surface area contributed by atoms with Gasteiger partial charge in [0.2, 0.25) is 0 Å². The third-order valence-electron chi connectivity index (χ3n) is 2.24. The number of carbonyl (C=O) groups is 1. The van der Waals surface area contributed by atoms with Crippen LogP contribution in [0, 0.1) is 0 Å². The lowest BCUT2D eigenvalue weighted by Gasteiger charge is -2.04.